The Kier molecular flexibility index (Phi) is 7.60. The normalized spacial score (nSPS) is 16.8. The standard InChI is InChI=1S/C24H31BrN2O3S/c1-16-12-18(3)23(13-17(16)2)19(4)26-24(28)21-8-10-27(11-9-21)31(29,30)15-20-6-5-7-22(25)14-20/h5-7,12-14,19,21H,8-11,15H2,1-4H3,(H,26,28)/t19-/m1/s1. The summed E-state index contributed by atoms with van der Waals surface area (Å²) < 4.78 is 28.0. The number of nitrogens with one attached hydrogen (secondary N) is 1. The van der Waals surface area contributed by atoms with Gasteiger partial charge >= 0.3 is 0 Å². The van der Waals surface area contributed by atoms with Crippen LogP contribution in [0, 0.1) is 26.7 Å². The van der Waals surface area contributed by atoms with Crippen LogP contribution in [-0.4, -0.2) is 31.7 Å². The third-order valence-electron chi connectivity index (χ3n) is 6.16. The summed E-state index contributed by atoms with van der Waals surface area (Å²) in [7, 11) is -3.40. The number of halogens is 1. The lowest BCUT2D eigenvalue weighted by Gasteiger charge is -2.31. The fourth-order valence-electron chi connectivity index (χ4n) is 4.18. The molecule has 31 heavy (non-hydrogen) atoms. The van der Waals surface area contributed by atoms with E-state index in [1.165, 1.54) is 21.0 Å². The number of carbonyl (C=O) groups excluding carboxylic acids is 1. The molecule has 0 saturated carbocycles. The van der Waals surface area contributed by atoms with Gasteiger partial charge in [0.15, 0.2) is 0 Å². The van der Waals surface area contributed by atoms with Crippen LogP contribution < -0.4 is 5.32 Å². The van der Waals surface area contributed by atoms with Crippen LogP contribution in [0.1, 0.15) is 53.6 Å². The first kappa shape index (κ1) is 24.0. The highest BCUT2D eigenvalue weighted by Crippen LogP contribution is 2.25. The minimum Gasteiger partial charge on any atom is -0.349 e. The summed E-state index contributed by atoms with van der Waals surface area (Å²) in [5.74, 6) is -0.173. The van der Waals surface area contributed by atoms with Crippen molar-refractivity contribution in [2.45, 2.75) is 52.3 Å². The Morgan fingerprint density at radius 1 is 1.10 bits per heavy atom. The maximum atomic E-state index is 12.8. The predicted molar refractivity (Wildman–Crippen MR) is 128 cm³/mol. The van der Waals surface area contributed by atoms with E-state index in [-0.39, 0.29) is 23.6 Å². The van der Waals surface area contributed by atoms with E-state index in [4.69, 9.17) is 0 Å². The number of hydrogen-bond acceptors (Lipinski definition) is 3. The molecule has 0 spiro atoms. The average molecular weight is 507 g/mol. The van der Waals surface area contributed by atoms with Gasteiger partial charge in [0, 0.05) is 23.5 Å². The quantitative estimate of drug-likeness (QED) is 0.611. The van der Waals surface area contributed by atoms with Crippen LogP contribution in [0.25, 0.3) is 0 Å². The molecule has 1 aliphatic rings. The van der Waals surface area contributed by atoms with E-state index < -0.39 is 10.0 Å². The SMILES string of the molecule is Cc1cc(C)c([C@@H](C)NC(=O)C2CCN(S(=O)(=O)Cc3cccc(Br)c3)CC2)cc1C. The van der Waals surface area contributed by atoms with E-state index in [0.717, 1.165) is 15.6 Å². The molecule has 0 unspecified atom stereocenters. The molecule has 7 heteroatoms. The van der Waals surface area contributed by atoms with E-state index in [2.05, 4.69) is 54.2 Å². The highest BCUT2D eigenvalue weighted by atomic mass is 79.9. The van der Waals surface area contributed by atoms with Crippen LogP contribution >= 0.6 is 15.9 Å². The third-order valence-corrected chi connectivity index (χ3v) is 8.51. The summed E-state index contributed by atoms with van der Waals surface area (Å²) in [6, 6.07) is 11.6. The van der Waals surface area contributed by atoms with E-state index in [1.54, 1.807) is 0 Å². The molecule has 0 aromatic heterocycles. The molecule has 1 saturated heterocycles. The molecule has 2 aromatic rings. The molecule has 0 bridgehead atoms. The summed E-state index contributed by atoms with van der Waals surface area (Å²) in [5, 5.41) is 3.14. The smallest absolute Gasteiger partial charge is 0.223 e. The number of amides is 1. The second-order valence-corrected chi connectivity index (χ2v) is 11.5. The van der Waals surface area contributed by atoms with Gasteiger partial charge in [-0.25, -0.2) is 12.7 Å². The van der Waals surface area contributed by atoms with Crippen molar-refractivity contribution in [2.24, 2.45) is 5.92 Å². The molecular formula is C24H31BrN2O3S. The van der Waals surface area contributed by atoms with Gasteiger partial charge < -0.3 is 5.32 Å². The molecule has 1 aliphatic heterocycles. The van der Waals surface area contributed by atoms with E-state index in [0.29, 0.717) is 25.9 Å². The second kappa shape index (κ2) is 9.84. The summed E-state index contributed by atoms with van der Waals surface area (Å²) in [6.45, 7) is 9.01. The Morgan fingerprint density at radius 3 is 2.39 bits per heavy atom. The lowest BCUT2D eigenvalue weighted by atomic mass is 9.94. The van der Waals surface area contributed by atoms with E-state index in [9.17, 15) is 13.2 Å². The van der Waals surface area contributed by atoms with Gasteiger partial charge in [-0.1, -0.05) is 40.2 Å². The number of benzene rings is 2. The topological polar surface area (TPSA) is 66.5 Å². The summed E-state index contributed by atoms with van der Waals surface area (Å²) in [4.78, 5) is 12.8. The van der Waals surface area contributed by atoms with Crippen LogP contribution in [0.5, 0.6) is 0 Å². The van der Waals surface area contributed by atoms with Gasteiger partial charge in [-0.3, -0.25) is 4.79 Å². The summed E-state index contributed by atoms with van der Waals surface area (Å²) in [5.41, 5.74) is 5.52. The molecule has 168 valence electrons. The molecule has 0 radical (unpaired) electrons. The first-order valence-electron chi connectivity index (χ1n) is 10.7. The number of piperidine rings is 1. The van der Waals surface area contributed by atoms with Crippen molar-refractivity contribution in [1.29, 1.82) is 0 Å². The predicted octanol–water partition coefficient (Wildman–Crippen LogP) is 4.79. The molecule has 5 nitrogen and oxygen atoms in total. The van der Waals surface area contributed by atoms with E-state index >= 15 is 0 Å². The van der Waals surface area contributed by atoms with Crippen LogP contribution in [0.2, 0.25) is 0 Å². The zero-order chi connectivity index (χ0) is 22.8. The summed E-state index contributed by atoms with van der Waals surface area (Å²) >= 11 is 3.38. The van der Waals surface area contributed by atoms with Crippen LogP contribution in [0.15, 0.2) is 40.9 Å². The molecule has 3 rings (SSSR count). The maximum absolute atomic E-state index is 12.8. The number of aryl methyl sites for hydroxylation is 3. The zero-order valence-corrected chi connectivity index (χ0v) is 21.0. The Balaban J connectivity index is 1.57. The summed E-state index contributed by atoms with van der Waals surface area (Å²) in [6.07, 6.45) is 1.09. The molecule has 0 aliphatic carbocycles. The zero-order valence-electron chi connectivity index (χ0n) is 18.6. The molecule has 1 N–H and O–H groups in total. The van der Waals surface area contributed by atoms with Crippen molar-refractivity contribution in [3.05, 3.63) is 68.7 Å². The first-order chi connectivity index (χ1) is 14.6. The average Bonchev–Trinajstić information content (AvgIpc) is 2.70. The highest BCUT2D eigenvalue weighted by molar-refractivity contribution is 9.10. The van der Waals surface area contributed by atoms with Crippen molar-refractivity contribution < 1.29 is 13.2 Å². The van der Waals surface area contributed by atoms with Crippen molar-refractivity contribution in [3.8, 4) is 0 Å². The van der Waals surface area contributed by atoms with Crippen LogP contribution in [0.3, 0.4) is 0 Å². The van der Waals surface area contributed by atoms with Gasteiger partial charge in [-0.15, -0.1) is 0 Å². The van der Waals surface area contributed by atoms with Gasteiger partial charge in [-0.2, -0.15) is 0 Å². The van der Waals surface area contributed by atoms with Crippen molar-refractivity contribution in [2.75, 3.05) is 13.1 Å². The Labute approximate surface area is 194 Å². The number of rotatable bonds is 6. The van der Waals surface area contributed by atoms with Crippen molar-refractivity contribution >= 4 is 31.9 Å². The molecule has 2 aromatic carbocycles. The van der Waals surface area contributed by atoms with Gasteiger partial charge in [0.1, 0.15) is 0 Å². The minimum absolute atomic E-state index is 0.00849. The Morgan fingerprint density at radius 2 is 1.74 bits per heavy atom. The fourth-order valence-corrected chi connectivity index (χ4v) is 6.18. The number of hydrogen-bond donors (Lipinski definition) is 1. The molecule has 1 fully saturated rings. The van der Waals surface area contributed by atoms with Crippen molar-refractivity contribution in [1.82, 2.24) is 9.62 Å². The van der Waals surface area contributed by atoms with Crippen LogP contribution in [-0.2, 0) is 20.6 Å². The van der Waals surface area contributed by atoms with Gasteiger partial charge in [0.2, 0.25) is 15.9 Å². The lowest BCUT2D eigenvalue weighted by molar-refractivity contribution is -0.126. The first-order valence-corrected chi connectivity index (χ1v) is 13.1. The second-order valence-electron chi connectivity index (χ2n) is 8.58. The minimum atomic E-state index is -3.40. The number of carbonyl (C=O) groups is 1. The largest absolute Gasteiger partial charge is 0.349 e. The fraction of sp³-hybridized carbons (Fsp3) is 0.458. The lowest BCUT2D eigenvalue weighted by Crippen LogP contribution is -2.43. The maximum Gasteiger partial charge on any atom is 0.223 e. The Hall–Kier alpha value is -1.70. The monoisotopic (exact) mass is 506 g/mol. The molecule has 1 atom stereocenters. The van der Waals surface area contributed by atoms with Gasteiger partial charge in [0.05, 0.1) is 11.8 Å². The molecular weight excluding hydrogens is 476 g/mol. The molecule has 1 amide bonds. The third kappa shape index (κ3) is 5.96. The molecule has 1 heterocycles. The number of sulfonamides is 1. The van der Waals surface area contributed by atoms with Gasteiger partial charge in [-0.05, 0) is 80.5 Å². The Bertz CT molecular complexity index is 1060. The highest BCUT2D eigenvalue weighted by Gasteiger charge is 2.31. The van der Waals surface area contributed by atoms with E-state index in [1.807, 2.05) is 31.2 Å². The van der Waals surface area contributed by atoms with Gasteiger partial charge in [0.25, 0.3) is 0 Å². The number of nitrogens with zero attached hydrogens (tertiary/aromatic N) is 1. The van der Waals surface area contributed by atoms with Crippen molar-refractivity contribution in [3.63, 3.8) is 0 Å². The van der Waals surface area contributed by atoms with Crippen LogP contribution in [0.4, 0.5) is 0 Å².